The smallest absolute Gasteiger partial charge is 0.0726 e. The van der Waals surface area contributed by atoms with E-state index in [0.29, 0.717) is 18.2 Å². The molecule has 0 bridgehead atoms. The summed E-state index contributed by atoms with van der Waals surface area (Å²) in [5.41, 5.74) is 0. The first kappa shape index (κ1) is 15.3. The summed E-state index contributed by atoms with van der Waals surface area (Å²) in [5.74, 6) is 0.844. The van der Waals surface area contributed by atoms with Crippen molar-refractivity contribution in [3.05, 3.63) is 0 Å². The molecule has 0 spiro atoms. The van der Waals surface area contributed by atoms with Crippen molar-refractivity contribution in [1.82, 2.24) is 10.2 Å². The highest BCUT2D eigenvalue weighted by Crippen LogP contribution is 2.22. The molecule has 19 heavy (non-hydrogen) atoms. The maximum atomic E-state index is 5.78. The summed E-state index contributed by atoms with van der Waals surface area (Å²) >= 11 is 0. The monoisotopic (exact) mass is 268 g/mol. The Kier molecular flexibility index (Phi) is 6.11. The molecule has 0 radical (unpaired) electrons. The highest BCUT2D eigenvalue weighted by atomic mass is 16.5. The molecular formula is C16H32N2O. The average Bonchev–Trinajstić information content (AvgIpc) is 2.94. The second kappa shape index (κ2) is 7.61. The van der Waals surface area contributed by atoms with Crippen LogP contribution in [-0.2, 0) is 4.74 Å². The Morgan fingerprint density at radius 3 is 2.47 bits per heavy atom. The maximum absolute atomic E-state index is 5.78. The molecule has 2 aliphatic heterocycles. The van der Waals surface area contributed by atoms with Gasteiger partial charge in [0.15, 0.2) is 0 Å². The van der Waals surface area contributed by atoms with Gasteiger partial charge >= 0.3 is 0 Å². The molecule has 0 aromatic rings. The highest BCUT2D eigenvalue weighted by molar-refractivity contribution is 4.84. The molecule has 2 saturated heterocycles. The first-order valence-electron chi connectivity index (χ1n) is 8.30. The van der Waals surface area contributed by atoms with Crippen LogP contribution >= 0.6 is 0 Å². The predicted molar refractivity (Wildman–Crippen MR) is 80.5 cm³/mol. The molecule has 0 amide bonds. The summed E-state index contributed by atoms with van der Waals surface area (Å²) in [6.45, 7) is 11.8. The zero-order valence-corrected chi connectivity index (χ0v) is 13.0. The molecule has 0 aromatic heterocycles. The zero-order valence-electron chi connectivity index (χ0n) is 13.0. The van der Waals surface area contributed by atoms with Crippen molar-refractivity contribution in [3.8, 4) is 0 Å². The van der Waals surface area contributed by atoms with Crippen LogP contribution < -0.4 is 5.32 Å². The third kappa shape index (κ3) is 4.44. The Morgan fingerprint density at radius 1 is 1.16 bits per heavy atom. The topological polar surface area (TPSA) is 24.5 Å². The zero-order chi connectivity index (χ0) is 13.7. The number of piperidine rings is 1. The maximum Gasteiger partial charge on any atom is 0.0726 e. The fourth-order valence-corrected chi connectivity index (χ4v) is 3.65. The standard InChI is InChI=1S/C16H32N2O/c1-4-9-18-10-7-15(8-11-18)13(2)17-14(3)16-6-5-12-19-16/h13-17H,4-12H2,1-3H3. The molecule has 3 heteroatoms. The number of nitrogens with one attached hydrogen (secondary N) is 1. The van der Waals surface area contributed by atoms with Gasteiger partial charge < -0.3 is 15.0 Å². The van der Waals surface area contributed by atoms with Gasteiger partial charge in [0.25, 0.3) is 0 Å². The van der Waals surface area contributed by atoms with E-state index < -0.39 is 0 Å². The molecule has 0 aromatic carbocycles. The van der Waals surface area contributed by atoms with E-state index in [1.807, 2.05) is 0 Å². The van der Waals surface area contributed by atoms with Crippen LogP contribution in [0.5, 0.6) is 0 Å². The quantitative estimate of drug-likeness (QED) is 0.801. The van der Waals surface area contributed by atoms with Crippen LogP contribution in [0.1, 0.15) is 52.9 Å². The Bertz CT molecular complexity index is 245. The Balaban J connectivity index is 1.70. The molecule has 3 unspecified atom stereocenters. The molecular weight excluding hydrogens is 236 g/mol. The lowest BCUT2D eigenvalue weighted by Gasteiger charge is -2.36. The van der Waals surface area contributed by atoms with E-state index in [0.717, 1.165) is 12.5 Å². The van der Waals surface area contributed by atoms with E-state index in [9.17, 15) is 0 Å². The molecule has 2 aliphatic rings. The van der Waals surface area contributed by atoms with Crippen molar-refractivity contribution in [2.24, 2.45) is 5.92 Å². The van der Waals surface area contributed by atoms with Crippen molar-refractivity contribution in [2.45, 2.75) is 71.1 Å². The summed E-state index contributed by atoms with van der Waals surface area (Å²) < 4.78 is 5.78. The fourth-order valence-electron chi connectivity index (χ4n) is 3.65. The molecule has 2 fully saturated rings. The summed E-state index contributed by atoms with van der Waals surface area (Å²) in [5, 5.41) is 3.79. The van der Waals surface area contributed by atoms with E-state index in [-0.39, 0.29) is 0 Å². The Labute approximate surface area is 119 Å². The van der Waals surface area contributed by atoms with Gasteiger partial charge in [-0.2, -0.15) is 0 Å². The number of hydrogen-bond acceptors (Lipinski definition) is 3. The summed E-state index contributed by atoms with van der Waals surface area (Å²) in [4.78, 5) is 2.62. The number of rotatable bonds is 6. The van der Waals surface area contributed by atoms with E-state index in [4.69, 9.17) is 4.74 Å². The summed E-state index contributed by atoms with van der Waals surface area (Å²) in [7, 11) is 0. The lowest BCUT2D eigenvalue weighted by molar-refractivity contribution is 0.0728. The molecule has 112 valence electrons. The molecule has 0 saturated carbocycles. The van der Waals surface area contributed by atoms with E-state index >= 15 is 0 Å². The van der Waals surface area contributed by atoms with Crippen LogP contribution in [-0.4, -0.2) is 49.3 Å². The minimum absolute atomic E-state index is 0.447. The second-order valence-corrected chi connectivity index (χ2v) is 6.47. The third-order valence-electron chi connectivity index (χ3n) is 4.93. The van der Waals surface area contributed by atoms with Gasteiger partial charge in [-0.3, -0.25) is 0 Å². The molecule has 2 rings (SSSR count). The van der Waals surface area contributed by atoms with Gasteiger partial charge in [0.1, 0.15) is 0 Å². The van der Waals surface area contributed by atoms with Gasteiger partial charge in [-0.05, 0) is 71.5 Å². The first-order chi connectivity index (χ1) is 9.20. The molecule has 3 atom stereocenters. The molecule has 1 N–H and O–H groups in total. The van der Waals surface area contributed by atoms with Crippen molar-refractivity contribution < 1.29 is 4.74 Å². The van der Waals surface area contributed by atoms with Crippen LogP contribution in [0.2, 0.25) is 0 Å². The average molecular weight is 268 g/mol. The summed E-state index contributed by atoms with van der Waals surface area (Å²) in [6.07, 6.45) is 6.91. The van der Waals surface area contributed by atoms with E-state index in [2.05, 4.69) is 31.0 Å². The predicted octanol–water partition coefficient (Wildman–Crippen LogP) is 2.65. The first-order valence-corrected chi connectivity index (χ1v) is 8.30. The number of nitrogens with zero attached hydrogens (tertiary/aromatic N) is 1. The van der Waals surface area contributed by atoms with Gasteiger partial charge in [0.2, 0.25) is 0 Å². The van der Waals surface area contributed by atoms with Gasteiger partial charge in [0, 0.05) is 18.7 Å². The SMILES string of the molecule is CCCN1CCC(C(C)NC(C)C2CCCO2)CC1. The van der Waals surface area contributed by atoms with Crippen molar-refractivity contribution in [2.75, 3.05) is 26.2 Å². The lowest BCUT2D eigenvalue weighted by Crippen LogP contribution is -2.48. The molecule has 0 aliphatic carbocycles. The Morgan fingerprint density at radius 2 is 1.89 bits per heavy atom. The van der Waals surface area contributed by atoms with Crippen molar-refractivity contribution >= 4 is 0 Å². The minimum Gasteiger partial charge on any atom is -0.377 e. The number of likely N-dealkylation sites (tertiary alicyclic amines) is 1. The fraction of sp³-hybridized carbons (Fsp3) is 1.00. The minimum atomic E-state index is 0.447. The van der Waals surface area contributed by atoms with Crippen LogP contribution in [0.15, 0.2) is 0 Å². The van der Waals surface area contributed by atoms with Gasteiger partial charge in [-0.25, -0.2) is 0 Å². The largest absolute Gasteiger partial charge is 0.377 e. The Hall–Kier alpha value is -0.120. The van der Waals surface area contributed by atoms with Crippen LogP contribution in [0.4, 0.5) is 0 Å². The third-order valence-corrected chi connectivity index (χ3v) is 4.93. The van der Waals surface area contributed by atoms with Crippen LogP contribution in [0.25, 0.3) is 0 Å². The van der Waals surface area contributed by atoms with Gasteiger partial charge in [-0.15, -0.1) is 0 Å². The van der Waals surface area contributed by atoms with Crippen molar-refractivity contribution in [1.29, 1.82) is 0 Å². The number of hydrogen-bond donors (Lipinski definition) is 1. The highest BCUT2D eigenvalue weighted by Gasteiger charge is 2.28. The molecule has 3 nitrogen and oxygen atoms in total. The van der Waals surface area contributed by atoms with E-state index in [1.54, 1.807) is 0 Å². The van der Waals surface area contributed by atoms with Gasteiger partial charge in [0.05, 0.1) is 6.10 Å². The number of ether oxygens (including phenoxy) is 1. The molecule has 2 heterocycles. The normalized spacial score (nSPS) is 29.5. The van der Waals surface area contributed by atoms with E-state index in [1.165, 1.54) is 51.7 Å². The van der Waals surface area contributed by atoms with Crippen molar-refractivity contribution in [3.63, 3.8) is 0 Å². The summed E-state index contributed by atoms with van der Waals surface area (Å²) in [6, 6.07) is 1.13. The second-order valence-electron chi connectivity index (χ2n) is 6.47. The lowest BCUT2D eigenvalue weighted by atomic mass is 9.89. The van der Waals surface area contributed by atoms with Crippen LogP contribution in [0, 0.1) is 5.92 Å². The van der Waals surface area contributed by atoms with Crippen LogP contribution in [0.3, 0.4) is 0 Å². The van der Waals surface area contributed by atoms with Gasteiger partial charge in [-0.1, -0.05) is 6.92 Å².